The number of hydrogen-bond acceptors (Lipinski definition) is 2. The van der Waals surface area contributed by atoms with E-state index in [2.05, 4.69) is 6.08 Å². The lowest BCUT2D eigenvalue weighted by Gasteiger charge is -2.15. The molecule has 1 rings (SSSR count). The molecule has 2 heteroatoms. The van der Waals surface area contributed by atoms with Gasteiger partial charge in [-0.25, -0.2) is 0 Å². The van der Waals surface area contributed by atoms with Crippen molar-refractivity contribution in [2.45, 2.75) is 58.5 Å². The van der Waals surface area contributed by atoms with E-state index in [9.17, 15) is 4.79 Å². The van der Waals surface area contributed by atoms with Gasteiger partial charge in [0.05, 0.1) is 0 Å². The number of Topliss-reactive ketones (excluding diaryl/α,β-unsaturated/α-hetero) is 1. The second kappa shape index (κ2) is 6.78. The first-order valence-electron chi connectivity index (χ1n) is 6.14. The normalized spacial score (nSPS) is 19.2. The summed E-state index contributed by atoms with van der Waals surface area (Å²) < 4.78 is 5.46. The second-order valence-corrected chi connectivity index (χ2v) is 4.05. The number of hydrogen-bond donors (Lipinski definition) is 0. The average Bonchev–Trinajstić information content (AvgIpc) is 2.53. The minimum Gasteiger partial charge on any atom is -0.370 e. The van der Waals surface area contributed by atoms with Gasteiger partial charge in [0.1, 0.15) is 6.10 Å². The third-order valence-corrected chi connectivity index (χ3v) is 2.89. The Morgan fingerprint density at radius 3 is 2.87 bits per heavy atom. The van der Waals surface area contributed by atoms with Crippen LogP contribution < -0.4 is 0 Å². The molecular weight excluding hydrogens is 188 g/mol. The fraction of sp³-hybridized carbons (Fsp3) is 0.769. The summed E-state index contributed by atoms with van der Waals surface area (Å²) in [5.41, 5.74) is 1.01. The van der Waals surface area contributed by atoms with Crippen molar-refractivity contribution in [2.24, 2.45) is 0 Å². The molecule has 0 spiro atoms. The van der Waals surface area contributed by atoms with Crippen LogP contribution in [0.3, 0.4) is 0 Å². The lowest BCUT2D eigenvalue weighted by atomic mass is 10.0. The Labute approximate surface area is 92.7 Å². The number of carbonyl (C=O) groups is 1. The van der Waals surface area contributed by atoms with Crippen LogP contribution in [-0.4, -0.2) is 18.5 Å². The zero-order chi connectivity index (χ0) is 11.1. The molecule has 0 aromatic carbocycles. The topological polar surface area (TPSA) is 26.3 Å². The van der Waals surface area contributed by atoms with Crippen LogP contribution in [0.5, 0.6) is 0 Å². The highest BCUT2D eigenvalue weighted by atomic mass is 16.5. The molecule has 1 atom stereocenters. The molecule has 0 bridgehead atoms. The zero-order valence-electron chi connectivity index (χ0n) is 9.92. The molecule has 0 aliphatic heterocycles. The average molecular weight is 210 g/mol. The largest absolute Gasteiger partial charge is 0.370 e. The molecule has 1 unspecified atom stereocenters. The molecule has 2 nitrogen and oxygen atoms in total. The maximum Gasteiger partial charge on any atom is 0.187 e. The van der Waals surface area contributed by atoms with Gasteiger partial charge in [0.15, 0.2) is 5.78 Å². The minimum atomic E-state index is -0.209. The highest BCUT2D eigenvalue weighted by molar-refractivity contribution is 5.98. The van der Waals surface area contributed by atoms with Crippen LogP contribution in [0.25, 0.3) is 0 Å². The van der Waals surface area contributed by atoms with E-state index in [4.69, 9.17) is 4.74 Å². The first kappa shape index (κ1) is 12.4. The molecule has 86 valence electrons. The van der Waals surface area contributed by atoms with E-state index in [0.29, 0.717) is 6.61 Å². The van der Waals surface area contributed by atoms with Crippen LogP contribution in [0.4, 0.5) is 0 Å². The van der Waals surface area contributed by atoms with Gasteiger partial charge in [-0.15, -0.1) is 0 Å². The van der Waals surface area contributed by atoms with Gasteiger partial charge in [-0.2, -0.15) is 0 Å². The SMILES string of the molecule is CCOC(CC)C(=O)C1=CCCCCC1. The van der Waals surface area contributed by atoms with E-state index in [1.807, 2.05) is 13.8 Å². The third-order valence-electron chi connectivity index (χ3n) is 2.89. The Kier molecular flexibility index (Phi) is 5.62. The smallest absolute Gasteiger partial charge is 0.187 e. The Morgan fingerprint density at radius 2 is 2.20 bits per heavy atom. The molecule has 1 aliphatic carbocycles. The molecule has 0 N–H and O–H groups in total. The lowest BCUT2D eigenvalue weighted by molar-refractivity contribution is -0.126. The van der Waals surface area contributed by atoms with Crippen molar-refractivity contribution >= 4 is 5.78 Å². The number of ketones is 1. The minimum absolute atomic E-state index is 0.209. The molecule has 0 aromatic rings. The number of ether oxygens (including phenoxy) is 1. The Hall–Kier alpha value is -0.630. The summed E-state index contributed by atoms with van der Waals surface area (Å²) >= 11 is 0. The first-order chi connectivity index (χ1) is 7.29. The van der Waals surface area contributed by atoms with Crippen LogP contribution in [0.1, 0.15) is 52.4 Å². The van der Waals surface area contributed by atoms with Crippen molar-refractivity contribution in [2.75, 3.05) is 6.61 Å². The Bertz CT molecular complexity index is 231. The van der Waals surface area contributed by atoms with Gasteiger partial charge in [-0.05, 0) is 44.6 Å². The van der Waals surface area contributed by atoms with Crippen LogP contribution in [0.2, 0.25) is 0 Å². The predicted molar refractivity (Wildman–Crippen MR) is 61.9 cm³/mol. The number of allylic oxidation sites excluding steroid dienone is 1. The third kappa shape index (κ3) is 3.78. The molecular formula is C13H22O2. The molecule has 0 saturated carbocycles. The summed E-state index contributed by atoms with van der Waals surface area (Å²) in [6, 6.07) is 0. The summed E-state index contributed by atoms with van der Waals surface area (Å²) in [5.74, 6) is 0.223. The maximum atomic E-state index is 12.1. The summed E-state index contributed by atoms with van der Waals surface area (Å²) in [6.07, 6.45) is 8.33. The standard InChI is InChI=1S/C13H22O2/c1-3-12(15-4-2)13(14)11-9-7-5-6-8-10-11/h9,12H,3-8,10H2,1-2H3. The predicted octanol–water partition coefficient (Wildman–Crippen LogP) is 3.26. The van der Waals surface area contributed by atoms with Crippen LogP contribution >= 0.6 is 0 Å². The molecule has 0 amide bonds. The van der Waals surface area contributed by atoms with Crippen molar-refractivity contribution in [3.8, 4) is 0 Å². The van der Waals surface area contributed by atoms with E-state index in [1.165, 1.54) is 12.8 Å². The van der Waals surface area contributed by atoms with Crippen LogP contribution in [0.15, 0.2) is 11.6 Å². The quantitative estimate of drug-likeness (QED) is 0.696. The van der Waals surface area contributed by atoms with Gasteiger partial charge in [-0.3, -0.25) is 4.79 Å². The summed E-state index contributed by atoms with van der Waals surface area (Å²) in [7, 11) is 0. The summed E-state index contributed by atoms with van der Waals surface area (Å²) in [6.45, 7) is 4.57. The number of carbonyl (C=O) groups excluding carboxylic acids is 1. The van der Waals surface area contributed by atoms with E-state index in [0.717, 1.165) is 31.3 Å². The monoisotopic (exact) mass is 210 g/mol. The van der Waals surface area contributed by atoms with E-state index >= 15 is 0 Å². The molecule has 0 saturated heterocycles. The fourth-order valence-corrected chi connectivity index (χ4v) is 2.03. The fourth-order valence-electron chi connectivity index (χ4n) is 2.03. The molecule has 0 aromatic heterocycles. The first-order valence-corrected chi connectivity index (χ1v) is 6.14. The van der Waals surface area contributed by atoms with Crippen LogP contribution in [0, 0.1) is 0 Å². The van der Waals surface area contributed by atoms with Gasteiger partial charge in [0.25, 0.3) is 0 Å². The van der Waals surface area contributed by atoms with Gasteiger partial charge in [0.2, 0.25) is 0 Å². The van der Waals surface area contributed by atoms with Gasteiger partial charge in [0, 0.05) is 6.61 Å². The van der Waals surface area contributed by atoms with Gasteiger partial charge < -0.3 is 4.74 Å². The van der Waals surface area contributed by atoms with E-state index < -0.39 is 0 Å². The van der Waals surface area contributed by atoms with Gasteiger partial charge >= 0.3 is 0 Å². The molecule has 15 heavy (non-hydrogen) atoms. The molecule has 0 heterocycles. The van der Waals surface area contributed by atoms with Gasteiger partial charge in [-0.1, -0.05) is 19.4 Å². The summed E-state index contributed by atoms with van der Waals surface area (Å²) in [5, 5.41) is 0. The van der Waals surface area contributed by atoms with E-state index in [1.54, 1.807) is 0 Å². The zero-order valence-corrected chi connectivity index (χ0v) is 9.92. The molecule has 0 radical (unpaired) electrons. The maximum absolute atomic E-state index is 12.1. The van der Waals surface area contributed by atoms with Crippen molar-refractivity contribution < 1.29 is 9.53 Å². The van der Waals surface area contributed by atoms with Crippen molar-refractivity contribution in [1.82, 2.24) is 0 Å². The highest BCUT2D eigenvalue weighted by Gasteiger charge is 2.20. The molecule has 0 fully saturated rings. The van der Waals surface area contributed by atoms with Crippen LogP contribution in [-0.2, 0) is 9.53 Å². The van der Waals surface area contributed by atoms with Crippen molar-refractivity contribution in [3.63, 3.8) is 0 Å². The van der Waals surface area contributed by atoms with E-state index in [-0.39, 0.29) is 11.9 Å². The molecule has 1 aliphatic rings. The second-order valence-electron chi connectivity index (χ2n) is 4.05. The van der Waals surface area contributed by atoms with Crippen molar-refractivity contribution in [1.29, 1.82) is 0 Å². The highest BCUT2D eigenvalue weighted by Crippen LogP contribution is 2.20. The lowest BCUT2D eigenvalue weighted by Crippen LogP contribution is -2.25. The van der Waals surface area contributed by atoms with Crippen molar-refractivity contribution in [3.05, 3.63) is 11.6 Å². The number of rotatable bonds is 5. The summed E-state index contributed by atoms with van der Waals surface area (Å²) in [4.78, 5) is 12.1. The Morgan fingerprint density at radius 1 is 1.40 bits per heavy atom. The Balaban J connectivity index is 2.59.